The number of hydrogen-bond donors (Lipinski definition) is 1. The van der Waals surface area contributed by atoms with Crippen LogP contribution in [0.15, 0.2) is 0 Å². The van der Waals surface area contributed by atoms with Crippen LogP contribution < -0.4 is 5.32 Å². The van der Waals surface area contributed by atoms with Crippen molar-refractivity contribution in [2.45, 2.75) is 28.4 Å². The van der Waals surface area contributed by atoms with Crippen molar-refractivity contribution in [3.63, 3.8) is 0 Å². The van der Waals surface area contributed by atoms with E-state index in [0.29, 0.717) is 15.8 Å². The Morgan fingerprint density at radius 2 is 2.43 bits per heavy atom. The first-order chi connectivity index (χ1) is 6.72. The Labute approximate surface area is 111 Å². The smallest absolute Gasteiger partial charge is 0.358 e. The lowest BCUT2D eigenvalue weighted by atomic mass is 10.0. The van der Waals surface area contributed by atoms with Gasteiger partial charge in [-0.15, -0.1) is 0 Å². The minimum atomic E-state index is -0.0300. The predicted octanol–water partition coefficient (Wildman–Crippen LogP) is 0.513. The molecule has 1 N–H and O–H groups in total. The van der Waals surface area contributed by atoms with E-state index in [2.05, 4.69) is 53.5 Å². The molecule has 0 aromatic rings. The van der Waals surface area contributed by atoms with Crippen molar-refractivity contribution in [3.8, 4) is 0 Å². The monoisotopic (exact) mass is 388 g/mol. The summed E-state index contributed by atoms with van der Waals surface area (Å²) < 4.78 is 5.78. The van der Waals surface area contributed by atoms with Crippen LogP contribution in [0, 0.1) is 0 Å². The molecule has 4 unspecified atom stereocenters. The zero-order valence-electron chi connectivity index (χ0n) is 8.25. The molecule has 4 atom stereocenters. The van der Waals surface area contributed by atoms with Crippen LogP contribution in [0.25, 0.3) is 0 Å². The zero-order chi connectivity index (χ0) is 10.1. The molecule has 0 spiro atoms. The van der Waals surface area contributed by atoms with Crippen molar-refractivity contribution in [2.24, 2.45) is 0 Å². The minimum absolute atomic E-state index is 0.0300. The number of nitrogens with zero attached hydrogens (tertiary/aromatic N) is 1. The quantitative estimate of drug-likeness (QED) is 0.402. The Kier molecular flexibility index (Phi) is 4.58. The van der Waals surface area contributed by atoms with Crippen molar-refractivity contribution in [3.05, 3.63) is 0 Å². The topological polar surface area (TPSA) is 24.5 Å². The number of hydrogen-bond acceptors (Lipinski definition) is 3. The molecule has 2 fully saturated rings. The van der Waals surface area contributed by atoms with Gasteiger partial charge in [-0.1, -0.05) is 15.9 Å². The maximum Gasteiger partial charge on any atom is 0.358 e. The summed E-state index contributed by atoms with van der Waals surface area (Å²) in [6.07, 6.45) is 1.49. The van der Waals surface area contributed by atoms with Gasteiger partial charge in [0.15, 0.2) is 0 Å². The number of rotatable bonds is 1. The van der Waals surface area contributed by atoms with Gasteiger partial charge in [0.25, 0.3) is 0 Å². The van der Waals surface area contributed by atoms with Gasteiger partial charge in [0.05, 0.1) is 12.6 Å². The third kappa shape index (κ3) is 2.47. The molecule has 3 nitrogen and oxygen atoms in total. The lowest BCUT2D eigenvalue weighted by Gasteiger charge is -2.46. The predicted molar refractivity (Wildman–Crippen MR) is 71.6 cm³/mol. The second-order valence-electron chi connectivity index (χ2n) is 4.02. The Bertz CT molecular complexity index is 212. The van der Waals surface area contributed by atoms with Crippen molar-refractivity contribution in [1.82, 2.24) is 10.2 Å². The van der Waals surface area contributed by atoms with Crippen molar-refractivity contribution < 1.29 is 4.74 Å². The van der Waals surface area contributed by atoms with E-state index in [1.807, 2.05) is 0 Å². The molecule has 0 aromatic carbocycles. The number of piperidine rings is 1. The largest absolute Gasteiger partial charge is 0.360 e. The van der Waals surface area contributed by atoms with Crippen LogP contribution in [0.5, 0.6) is 0 Å². The molecule has 2 saturated heterocycles. The van der Waals surface area contributed by atoms with Crippen LogP contribution in [0.4, 0.5) is 0 Å². The molecule has 14 heavy (non-hydrogen) atoms. The Morgan fingerprint density at radius 1 is 1.64 bits per heavy atom. The van der Waals surface area contributed by atoms with E-state index >= 15 is 0 Å². The van der Waals surface area contributed by atoms with E-state index in [-0.39, 0.29) is 18.2 Å². The van der Waals surface area contributed by atoms with Gasteiger partial charge in [-0.3, -0.25) is 10.2 Å². The second-order valence-corrected chi connectivity index (χ2v) is 9.03. The maximum absolute atomic E-state index is 5.78. The average molecular weight is 389 g/mol. The summed E-state index contributed by atoms with van der Waals surface area (Å²) in [6, 6.07) is 0.557. The molecule has 0 radical (unpaired) electrons. The summed E-state index contributed by atoms with van der Waals surface area (Å²) in [5, 5.41) is 3.63. The number of likely N-dealkylation sites (N-methyl/N-ethyl adjacent to an activating group) is 1. The van der Waals surface area contributed by atoms with Crippen LogP contribution in [0.1, 0.15) is 6.42 Å². The molecule has 2 aliphatic rings. The number of alkyl halides is 1. The minimum Gasteiger partial charge on any atom is -0.360 e. The lowest BCUT2D eigenvalue weighted by Crippen LogP contribution is -2.64. The van der Waals surface area contributed by atoms with Crippen molar-refractivity contribution >= 4 is 48.1 Å². The summed E-state index contributed by atoms with van der Waals surface area (Å²) in [4.78, 5) is 3.74. The SMILES string of the molecule is CN1CCOC2N[CH]([AlH][I])C(Br)CC21. The molecule has 80 valence electrons. The number of halogens is 2. The van der Waals surface area contributed by atoms with E-state index in [0.717, 1.165) is 13.2 Å². The molecule has 0 bridgehead atoms. The molecule has 2 heterocycles. The van der Waals surface area contributed by atoms with Gasteiger partial charge in [0.1, 0.15) is 6.23 Å². The van der Waals surface area contributed by atoms with Gasteiger partial charge in [-0.25, -0.2) is 20.3 Å². The molecule has 0 aliphatic carbocycles. The van der Waals surface area contributed by atoms with E-state index < -0.39 is 0 Å². The number of nitrogens with one attached hydrogen (secondary N) is 1. The fraction of sp³-hybridized carbons (Fsp3) is 1.00. The van der Waals surface area contributed by atoms with Crippen LogP contribution >= 0.6 is 36.2 Å². The molecule has 0 aromatic heterocycles. The summed E-state index contributed by atoms with van der Waals surface area (Å²) in [6.45, 7) is 1.93. The van der Waals surface area contributed by atoms with Crippen molar-refractivity contribution in [1.29, 1.82) is 0 Å². The van der Waals surface area contributed by atoms with Gasteiger partial charge in [0.2, 0.25) is 0 Å². The summed E-state index contributed by atoms with van der Waals surface area (Å²) in [5.41, 5.74) is 0. The van der Waals surface area contributed by atoms with E-state index in [1.165, 1.54) is 6.42 Å². The Balaban J connectivity index is 2.02. The van der Waals surface area contributed by atoms with Crippen LogP contribution in [0.3, 0.4) is 0 Å². The maximum atomic E-state index is 5.78. The molecule has 6 heteroatoms. The zero-order valence-corrected chi connectivity index (χ0v) is 13.4. The molecular formula is C8H15AlBrIN2O. The average Bonchev–Trinajstić information content (AvgIpc) is 2.19. The first-order valence-corrected chi connectivity index (χ1v) is 11.8. The number of fused-ring (bicyclic) bond motifs is 1. The molecular weight excluding hydrogens is 374 g/mol. The normalized spacial score (nSPS) is 44.5. The standard InChI is InChI=1S/C8H14BrN2O.Al.HI.H/c1-11-2-3-12-8-7(11)4-6(9)5-10-8;;;/h5-8,10H,2-4H2,1H3;;1H;/q;+1;;/p-1. The fourth-order valence-electron chi connectivity index (χ4n) is 2.15. The molecule has 2 rings (SSSR count). The number of morpholine rings is 1. The summed E-state index contributed by atoms with van der Waals surface area (Å²) in [7, 11) is 2.20. The van der Waals surface area contributed by atoms with E-state index in [9.17, 15) is 0 Å². The highest BCUT2D eigenvalue weighted by atomic mass is 127. The highest BCUT2D eigenvalue weighted by molar-refractivity contribution is 14.1. The summed E-state index contributed by atoms with van der Waals surface area (Å²) in [5.74, 6) is 0. The molecule has 0 amide bonds. The Hall–Kier alpha value is 1.62. The van der Waals surface area contributed by atoms with Gasteiger partial charge in [-0.05, 0) is 18.4 Å². The number of ether oxygens (including phenoxy) is 1. The van der Waals surface area contributed by atoms with Crippen molar-refractivity contribution in [2.75, 3.05) is 20.2 Å². The first-order valence-electron chi connectivity index (χ1n) is 5.00. The third-order valence-electron chi connectivity index (χ3n) is 3.10. The lowest BCUT2D eigenvalue weighted by molar-refractivity contribution is -0.0923. The van der Waals surface area contributed by atoms with Crippen LogP contribution in [0.2, 0.25) is 0 Å². The highest BCUT2D eigenvalue weighted by Crippen LogP contribution is 2.26. The Morgan fingerprint density at radius 3 is 3.14 bits per heavy atom. The van der Waals surface area contributed by atoms with Gasteiger partial charge in [0, 0.05) is 11.4 Å². The summed E-state index contributed by atoms with van der Waals surface area (Å²) >= 11 is 6.33. The van der Waals surface area contributed by atoms with Gasteiger partial charge >= 0.3 is 11.9 Å². The van der Waals surface area contributed by atoms with Gasteiger partial charge in [-0.2, -0.15) is 0 Å². The van der Waals surface area contributed by atoms with E-state index in [1.54, 1.807) is 0 Å². The molecule has 2 aliphatic heterocycles. The van der Waals surface area contributed by atoms with Crippen LogP contribution in [-0.4, -0.2) is 59.0 Å². The first kappa shape index (κ1) is 12.1. The molecule has 0 saturated carbocycles. The van der Waals surface area contributed by atoms with E-state index in [4.69, 9.17) is 4.74 Å². The fourth-order valence-corrected chi connectivity index (χ4v) is 8.65. The van der Waals surface area contributed by atoms with Gasteiger partial charge < -0.3 is 4.74 Å². The second kappa shape index (κ2) is 5.30. The van der Waals surface area contributed by atoms with Crippen LogP contribution in [-0.2, 0) is 4.74 Å². The third-order valence-corrected chi connectivity index (χ3v) is 8.79. The highest BCUT2D eigenvalue weighted by Gasteiger charge is 2.39.